The highest BCUT2D eigenvalue weighted by Gasteiger charge is 2.30. The van der Waals surface area contributed by atoms with Crippen LogP contribution in [0.3, 0.4) is 0 Å². The highest BCUT2D eigenvalue weighted by molar-refractivity contribution is 7.18. The van der Waals surface area contributed by atoms with E-state index in [1.54, 1.807) is 12.1 Å². The van der Waals surface area contributed by atoms with Gasteiger partial charge in [0.1, 0.15) is 5.01 Å². The summed E-state index contributed by atoms with van der Waals surface area (Å²) in [5, 5.41) is 12.3. The molecule has 1 heterocycles. The molecule has 3 aromatic rings. The highest BCUT2D eigenvalue weighted by atomic mass is 32.1. The number of hydrogen-bond donors (Lipinski definition) is 1. The number of amides is 1. The number of fused-ring (bicyclic) bond motifs is 1. The maximum atomic E-state index is 12.4. The number of ketones is 1. The predicted molar refractivity (Wildman–Crippen MR) is 92.8 cm³/mol. The van der Waals surface area contributed by atoms with Gasteiger partial charge in [-0.05, 0) is 30.7 Å². The Morgan fingerprint density at radius 2 is 1.88 bits per heavy atom. The molecule has 1 N–H and O–H groups in total. The monoisotopic (exact) mass is 335 g/mol. The van der Waals surface area contributed by atoms with E-state index in [1.807, 2.05) is 49.4 Å². The predicted octanol–water partition coefficient (Wildman–Crippen LogP) is 3.42. The second kappa shape index (κ2) is 6.60. The zero-order valence-corrected chi connectivity index (χ0v) is 13.6. The van der Waals surface area contributed by atoms with Gasteiger partial charge < -0.3 is 5.32 Å². The maximum absolute atomic E-state index is 12.4. The van der Waals surface area contributed by atoms with E-state index in [0.717, 1.165) is 10.3 Å². The lowest BCUT2D eigenvalue weighted by Crippen LogP contribution is -2.28. The Morgan fingerprint density at radius 3 is 2.58 bits per heavy atom. The van der Waals surface area contributed by atoms with E-state index in [0.29, 0.717) is 16.2 Å². The van der Waals surface area contributed by atoms with Crippen LogP contribution in [0, 0.1) is 18.3 Å². The molecule has 0 aliphatic rings. The minimum atomic E-state index is -1.20. The maximum Gasteiger partial charge on any atom is 0.293 e. The van der Waals surface area contributed by atoms with Crippen LogP contribution >= 0.6 is 11.3 Å². The first kappa shape index (κ1) is 15.8. The summed E-state index contributed by atoms with van der Waals surface area (Å²) < 4.78 is 0.875. The summed E-state index contributed by atoms with van der Waals surface area (Å²) in [6.45, 7) is 1.83. The fraction of sp³-hybridized carbons (Fsp3) is 0.111. The fourth-order valence-corrected chi connectivity index (χ4v) is 3.28. The van der Waals surface area contributed by atoms with Gasteiger partial charge in [-0.2, -0.15) is 5.26 Å². The number of hydrogen-bond acceptors (Lipinski definition) is 5. The molecule has 118 valence electrons. The molecule has 0 spiro atoms. The number of carbonyl (C=O) groups excluding carboxylic acids is 2. The van der Waals surface area contributed by atoms with E-state index in [2.05, 4.69) is 10.3 Å². The van der Waals surface area contributed by atoms with Crippen LogP contribution in [0.15, 0.2) is 48.5 Å². The quantitative estimate of drug-likeness (QED) is 0.741. The molecule has 6 heteroatoms. The summed E-state index contributed by atoms with van der Waals surface area (Å²) in [4.78, 5) is 28.9. The van der Waals surface area contributed by atoms with Crippen molar-refractivity contribution in [3.8, 4) is 6.07 Å². The van der Waals surface area contributed by atoms with Crippen LogP contribution in [0.25, 0.3) is 10.2 Å². The fourth-order valence-electron chi connectivity index (χ4n) is 2.27. The number of nitrogens with zero attached hydrogens (tertiary/aromatic N) is 2. The number of rotatable bonds is 4. The van der Waals surface area contributed by atoms with Crippen molar-refractivity contribution in [3.05, 3.63) is 59.1 Å². The standard InChI is InChI=1S/C18H13N3O2S/c1-11-6-2-3-7-13(11)20-17(23)16(22)12(10-19)18-21-14-8-4-5-9-15(14)24-18/h2-9,12H,1H3,(H,20,23)/t12-/m1/s1. The van der Waals surface area contributed by atoms with Gasteiger partial charge in [0.05, 0.1) is 16.3 Å². The number of anilines is 1. The van der Waals surface area contributed by atoms with Crippen LogP contribution in [-0.2, 0) is 9.59 Å². The van der Waals surface area contributed by atoms with E-state index < -0.39 is 17.6 Å². The zero-order chi connectivity index (χ0) is 17.1. The van der Waals surface area contributed by atoms with Gasteiger partial charge in [-0.15, -0.1) is 11.3 Å². The van der Waals surface area contributed by atoms with Crippen molar-refractivity contribution in [1.29, 1.82) is 5.26 Å². The number of nitriles is 1. The molecule has 1 aromatic heterocycles. The zero-order valence-electron chi connectivity index (χ0n) is 12.8. The molecule has 0 unspecified atom stereocenters. The first-order chi connectivity index (χ1) is 11.6. The summed E-state index contributed by atoms with van der Waals surface area (Å²) in [7, 11) is 0. The minimum Gasteiger partial charge on any atom is -0.319 e. The van der Waals surface area contributed by atoms with Crippen molar-refractivity contribution < 1.29 is 9.59 Å². The van der Waals surface area contributed by atoms with Crippen molar-refractivity contribution in [2.75, 3.05) is 5.32 Å². The van der Waals surface area contributed by atoms with Gasteiger partial charge in [-0.1, -0.05) is 30.3 Å². The summed E-state index contributed by atoms with van der Waals surface area (Å²) in [5.41, 5.74) is 2.11. The van der Waals surface area contributed by atoms with Crippen LogP contribution in [0.4, 0.5) is 5.69 Å². The summed E-state index contributed by atoms with van der Waals surface area (Å²) in [6.07, 6.45) is 0. The van der Waals surface area contributed by atoms with Gasteiger partial charge in [0.15, 0.2) is 5.92 Å². The SMILES string of the molecule is Cc1ccccc1NC(=O)C(=O)[C@@H](C#N)c1nc2ccccc2s1. The lowest BCUT2D eigenvalue weighted by Gasteiger charge is -2.08. The Morgan fingerprint density at radius 1 is 1.17 bits per heavy atom. The molecule has 0 radical (unpaired) electrons. The van der Waals surface area contributed by atoms with Crippen molar-refractivity contribution in [1.82, 2.24) is 4.98 Å². The molecule has 0 saturated heterocycles. The molecule has 3 rings (SSSR count). The molecular weight excluding hydrogens is 322 g/mol. The second-order valence-corrected chi connectivity index (χ2v) is 6.28. The van der Waals surface area contributed by atoms with E-state index in [4.69, 9.17) is 0 Å². The van der Waals surface area contributed by atoms with Gasteiger partial charge >= 0.3 is 0 Å². The molecule has 1 atom stereocenters. The molecule has 5 nitrogen and oxygen atoms in total. The summed E-state index contributed by atoms with van der Waals surface area (Å²) in [5.74, 6) is -2.82. The number of aryl methyl sites for hydroxylation is 1. The molecule has 2 aromatic carbocycles. The molecule has 24 heavy (non-hydrogen) atoms. The summed E-state index contributed by atoms with van der Waals surface area (Å²) >= 11 is 1.25. The Balaban J connectivity index is 1.85. The number of carbonyl (C=O) groups is 2. The number of thiazole rings is 1. The van der Waals surface area contributed by atoms with Gasteiger partial charge in [0, 0.05) is 5.69 Å². The largest absolute Gasteiger partial charge is 0.319 e. The summed E-state index contributed by atoms with van der Waals surface area (Å²) in [6, 6.07) is 16.4. The van der Waals surface area contributed by atoms with E-state index in [-0.39, 0.29) is 0 Å². The first-order valence-corrected chi connectivity index (χ1v) is 8.07. The van der Waals surface area contributed by atoms with Crippen molar-refractivity contribution >= 4 is 38.9 Å². The van der Waals surface area contributed by atoms with Crippen molar-refractivity contribution in [2.24, 2.45) is 0 Å². The smallest absolute Gasteiger partial charge is 0.293 e. The van der Waals surface area contributed by atoms with E-state index in [1.165, 1.54) is 11.3 Å². The van der Waals surface area contributed by atoms with E-state index >= 15 is 0 Å². The Labute approximate surface area is 142 Å². The second-order valence-electron chi connectivity index (χ2n) is 5.22. The number of nitrogens with one attached hydrogen (secondary N) is 1. The average Bonchev–Trinajstić information content (AvgIpc) is 3.01. The van der Waals surface area contributed by atoms with Crippen LogP contribution in [0.5, 0.6) is 0 Å². The van der Waals surface area contributed by atoms with Gasteiger partial charge in [-0.3, -0.25) is 9.59 Å². The van der Waals surface area contributed by atoms with Crippen LogP contribution in [0.1, 0.15) is 16.5 Å². The minimum absolute atomic E-state index is 0.337. The lowest BCUT2D eigenvalue weighted by molar-refractivity contribution is -0.135. The first-order valence-electron chi connectivity index (χ1n) is 7.26. The molecule has 0 bridgehead atoms. The Bertz CT molecular complexity index is 939. The van der Waals surface area contributed by atoms with E-state index in [9.17, 15) is 14.9 Å². The van der Waals surface area contributed by atoms with Crippen LogP contribution in [-0.4, -0.2) is 16.7 Å². The van der Waals surface area contributed by atoms with Gasteiger partial charge in [-0.25, -0.2) is 4.98 Å². The third-order valence-corrected chi connectivity index (χ3v) is 4.67. The van der Waals surface area contributed by atoms with Crippen LogP contribution in [0.2, 0.25) is 0 Å². The third kappa shape index (κ3) is 3.03. The van der Waals surface area contributed by atoms with Crippen LogP contribution < -0.4 is 5.32 Å². The number of Topliss-reactive ketones (excluding diaryl/α,β-unsaturated/α-hetero) is 1. The number of aromatic nitrogens is 1. The Hall–Kier alpha value is -3.04. The normalized spacial score (nSPS) is 11.7. The molecule has 0 aliphatic carbocycles. The highest BCUT2D eigenvalue weighted by Crippen LogP contribution is 2.28. The van der Waals surface area contributed by atoms with Crippen molar-refractivity contribution in [2.45, 2.75) is 12.8 Å². The molecule has 1 amide bonds. The molecule has 0 saturated carbocycles. The topological polar surface area (TPSA) is 82.9 Å². The van der Waals surface area contributed by atoms with Gasteiger partial charge in [0.25, 0.3) is 5.91 Å². The third-order valence-electron chi connectivity index (χ3n) is 3.57. The Kier molecular flexibility index (Phi) is 4.36. The lowest BCUT2D eigenvalue weighted by atomic mass is 10.1. The van der Waals surface area contributed by atoms with Crippen molar-refractivity contribution in [3.63, 3.8) is 0 Å². The molecular formula is C18H13N3O2S. The number of benzene rings is 2. The molecule has 0 aliphatic heterocycles. The average molecular weight is 335 g/mol. The molecule has 0 fully saturated rings. The van der Waals surface area contributed by atoms with Gasteiger partial charge in [0.2, 0.25) is 5.78 Å². The number of para-hydroxylation sites is 2.